The van der Waals surface area contributed by atoms with E-state index in [0.717, 1.165) is 23.5 Å². The van der Waals surface area contributed by atoms with Crippen molar-refractivity contribution in [2.24, 2.45) is 0 Å². The van der Waals surface area contributed by atoms with Crippen LogP contribution in [0.25, 0.3) is 10.7 Å². The third-order valence-corrected chi connectivity index (χ3v) is 4.66. The fraction of sp³-hybridized carbons (Fsp3) is 0.571. The highest BCUT2D eigenvalue weighted by Gasteiger charge is 2.30. The number of thiophene rings is 1. The van der Waals surface area contributed by atoms with Gasteiger partial charge in [-0.05, 0) is 24.3 Å². The van der Waals surface area contributed by atoms with Crippen LogP contribution in [0.4, 0.5) is 0 Å². The zero-order valence-corrected chi connectivity index (χ0v) is 12.4. The molecule has 0 bridgehead atoms. The second kappa shape index (κ2) is 5.40. The number of hydrogen-bond acceptors (Lipinski definition) is 5. The summed E-state index contributed by atoms with van der Waals surface area (Å²) in [5.74, 6) is 0.797. The van der Waals surface area contributed by atoms with E-state index in [-0.39, 0.29) is 12.0 Å². The van der Waals surface area contributed by atoms with E-state index in [4.69, 9.17) is 9.47 Å². The zero-order valence-electron chi connectivity index (χ0n) is 11.6. The van der Waals surface area contributed by atoms with Gasteiger partial charge in [-0.15, -0.1) is 16.4 Å². The Morgan fingerprint density at radius 1 is 1.33 bits per heavy atom. The summed E-state index contributed by atoms with van der Waals surface area (Å²) in [6, 6.07) is 4.32. The minimum Gasteiger partial charge on any atom is -0.350 e. The lowest BCUT2D eigenvalue weighted by Crippen LogP contribution is -2.26. The van der Waals surface area contributed by atoms with Gasteiger partial charge in [0, 0.05) is 12.5 Å². The molecular weight excluding hydrogens is 290 g/mol. The smallest absolute Gasteiger partial charge is 0.346 e. The molecule has 0 amide bonds. The van der Waals surface area contributed by atoms with E-state index in [1.54, 1.807) is 16.0 Å². The molecule has 0 radical (unpaired) electrons. The van der Waals surface area contributed by atoms with Gasteiger partial charge in [-0.3, -0.25) is 4.57 Å². The van der Waals surface area contributed by atoms with Crippen molar-refractivity contribution in [1.29, 1.82) is 0 Å². The van der Waals surface area contributed by atoms with Crippen LogP contribution in [0.3, 0.4) is 0 Å². The molecule has 3 heterocycles. The third-order valence-electron chi connectivity index (χ3n) is 3.79. The Balaban J connectivity index is 1.62. The largest absolute Gasteiger partial charge is 0.350 e. The van der Waals surface area contributed by atoms with Crippen molar-refractivity contribution in [3.8, 4) is 10.7 Å². The van der Waals surface area contributed by atoms with Gasteiger partial charge in [0.05, 0.1) is 24.6 Å². The van der Waals surface area contributed by atoms with Gasteiger partial charge in [0.1, 0.15) is 0 Å². The first-order chi connectivity index (χ1) is 10.3. The number of rotatable bonds is 5. The molecule has 2 fully saturated rings. The predicted molar refractivity (Wildman–Crippen MR) is 78.4 cm³/mol. The van der Waals surface area contributed by atoms with Gasteiger partial charge in [0.15, 0.2) is 12.1 Å². The molecule has 1 saturated heterocycles. The Morgan fingerprint density at radius 3 is 2.81 bits per heavy atom. The van der Waals surface area contributed by atoms with Gasteiger partial charge in [-0.1, -0.05) is 6.07 Å². The number of aryl methyl sites for hydroxylation is 1. The molecule has 2 aliphatic rings. The first kappa shape index (κ1) is 13.2. The molecule has 21 heavy (non-hydrogen) atoms. The molecule has 1 saturated carbocycles. The first-order valence-corrected chi connectivity index (χ1v) is 8.17. The molecule has 6 nitrogen and oxygen atoms in total. The van der Waals surface area contributed by atoms with Gasteiger partial charge >= 0.3 is 5.69 Å². The van der Waals surface area contributed by atoms with Crippen LogP contribution >= 0.6 is 11.3 Å². The van der Waals surface area contributed by atoms with Crippen molar-refractivity contribution in [2.45, 2.75) is 38.1 Å². The van der Waals surface area contributed by atoms with E-state index in [1.165, 1.54) is 0 Å². The lowest BCUT2D eigenvalue weighted by atomic mass is 10.4. The van der Waals surface area contributed by atoms with Crippen LogP contribution in [0.1, 0.15) is 25.3 Å². The Kier molecular flexibility index (Phi) is 3.40. The van der Waals surface area contributed by atoms with Crippen LogP contribution in [0.15, 0.2) is 22.3 Å². The van der Waals surface area contributed by atoms with Crippen molar-refractivity contribution >= 4 is 11.3 Å². The molecular formula is C14H17N3O3S. The topological polar surface area (TPSA) is 58.3 Å². The standard InChI is InChI=1S/C14H17N3O3S/c18-14-16(6-5-12-19-7-8-20-12)15-13(11-2-1-9-21-11)17(14)10-3-4-10/h1-2,9-10,12H,3-8H2. The minimum absolute atomic E-state index is 0.0149. The molecule has 4 rings (SSSR count). The van der Waals surface area contributed by atoms with Crippen molar-refractivity contribution in [1.82, 2.24) is 14.3 Å². The monoisotopic (exact) mass is 307 g/mol. The maximum Gasteiger partial charge on any atom is 0.346 e. The zero-order chi connectivity index (χ0) is 14.2. The van der Waals surface area contributed by atoms with Crippen LogP contribution in [-0.2, 0) is 16.0 Å². The highest BCUT2D eigenvalue weighted by Crippen LogP contribution is 2.37. The van der Waals surface area contributed by atoms with Gasteiger partial charge in [0.25, 0.3) is 0 Å². The summed E-state index contributed by atoms with van der Waals surface area (Å²) >= 11 is 1.62. The summed E-state index contributed by atoms with van der Waals surface area (Å²) in [5.41, 5.74) is -0.0149. The second-order valence-corrected chi connectivity index (χ2v) is 6.32. The van der Waals surface area contributed by atoms with E-state index in [0.29, 0.717) is 32.2 Å². The van der Waals surface area contributed by atoms with E-state index >= 15 is 0 Å². The summed E-state index contributed by atoms with van der Waals surface area (Å²) in [5, 5.41) is 6.55. The van der Waals surface area contributed by atoms with E-state index in [9.17, 15) is 4.79 Å². The van der Waals surface area contributed by atoms with E-state index in [1.807, 2.05) is 22.1 Å². The normalized spacial score (nSPS) is 19.4. The van der Waals surface area contributed by atoms with Crippen molar-refractivity contribution in [2.75, 3.05) is 13.2 Å². The van der Waals surface area contributed by atoms with Gasteiger partial charge in [-0.2, -0.15) is 0 Å². The van der Waals surface area contributed by atoms with Crippen LogP contribution in [-0.4, -0.2) is 33.9 Å². The summed E-state index contributed by atoms with van der Waals surface area (Å²) in [6.45, 7) is 1.80. The molecule has 0 unspecified atom stereocenters. The lowest BCUT2D eigenvalue weighted by Gasteiger charge is -2.07. The summed E-state index contributed by atoms with van der Waals surface area (Å²) in [7, 11) is 0. The quantitative estimate of drug-likeness (QED) is 0.846. The number of ether oxygens (including phenoxy) is 2. The van der Waals surface area contributed by atoms with Gasteiger partial charge in [-0.25, -0.2) is 9.48 Å². The predicted octanol–water partition coefficient (Wildman–Crippen LogP) is 1.87. The van der Waals surface area contributed by atoms with E-state index < -0.39 is 0 Å². The number of nitrogens with zero attached hydrogens (tertiary/aromatic N) is 3. The molecule has 0 atom stereocenters. The highest BCUT2D eigenvalue weighted by molar-refractivity contribution is 7.13. The highest BCUT2D eigenvalue weighted by atomic mass is 32.1. The lowest BCUT2D eigenvalue weighted by molar-refractivity contribution is -0.0497. The van der Waals surface area contributed by atoms with Crippen molar-refractivity contribution in [3.63, 3.8) is 0 Å². The summed E-state index contributed by atoms with van der Waals surface area (Å²) < 4.78 is 14.2. The Hall–Kier alpha value is -1.44. The molecule has 0 N–H and O–H groups in total. The molecule has 1 aliphatic carbocycles. The molecule has 2 aromatic rings. The maximum absolute atomic E-state index is 12.6. The Morgan fingerprint density at radius 2 is 2.14 bits per heavy atom. The van der Waals surface area contributed by atoms with Crippen LogP contribution in [0.2, 0.25) is 0 Å². The number of hydrogen-bond donors (Lipinski definition) is 0. The first-order valence-electron chi connectivity index (χ1n) is 7.29. The minimum atomic E-state index is -0.201. The van der Waals surface area contributed by atoms with Crippen molar-refractivity contribution in [3.05, 3.63) is 28.0 Å². The van der Waals surface area contributed by atoms with E-state index in [2.05, 4.69) is 5.10 Å². The average Bonchev–Trinajstić information content (AvgIpc) is 2.95. The maximum atomic E-state index is 12.6. The van der Waals surface area contributed by atoms with Gasteiger partial charge < -0.3 is 9.47 Å². The fourth-order valence-electron chi connectivity index (χ4n) is 2.60. The molecule has 1 aliphatic heterocycles. The van der Waals surface area contributed by atoms with Crippen LogP contribution in [0.5, 0.6) is 0 Å². The fourth-order valence-corrected chi connectivity index (χ4v) is 3.31. The Bertz CT molecular complexity index is 666. The molecule has 112 valence electrons. The third kappa shape index (κ3) is 2.56. The number of aromatic nitrogens is 3. The van der Waals surface area contributed by atoms with Crippen LogP contribution < -0.4 is 5.69 Å². The SMILES string of the molecule is O=c1n(CCC2OCCO2)nc(-c2cccs2)n1C1CC1. The second-order valence-electron chi connectivity index (χ2n) is 5.37. The summed E-state index contributed by atoms with van der Waals surface area (Å²) in [4.78, 5) is 13.6. The average molecular weight is 307 g/mol. The molecule has 2 aromatic heterocycles. The van der Waals surface area contributed by atoms with Crippen molar-refractivity contribution < 1.29 is 9.47 Å². The molecule has 0 aromatic carbocycles. The van der Waals surface area contributed by atoms with Gasteiger partial charge in [0.2, 0.25) is 0 Å². The van der Waals surface area contributed by atoms with Crippen LogP contribution in [0, 0.1) is 0 Å². The Labute approximate surface area is 125 Å². The molecule has 0 spiro atoms. The molecule has 7 heteroatoms. The summed E-state index contributed by atoms with van der Waals surface area (Å²) in [6.07, 6.45) is 2.59.